The molecule has 1 aromatic heterocycles. The molecule has 0 spiro atoms. The van der Waals surface area contributed by atoms with E-state index in [1.807, 2.05) is 0 Å². The molecule has 2 atom stereocenters. The first kappa shape index (κ1) is 34.9. The Labute approximate surface area is 320 Å². The highest BCUT2D eigenvalue weighted by Gasteiger charge is 2.35. The van der Waals surface area contributed by atoms with Crippen LogP contribution >= 0.6 is 0 Å². The van der Waals surface area contributed by atoms with E-state index in [9.17, 15) is 0 Å². The summed E-state index contributed by atoms with van der Waals surface area (Å²) in [7, 11) is 0. The lowest BCUT2D eigenvalue weighted by molar-refractivity contribution is -0.436. The number of benzene rings is 4. The number of allylic oxidation sites excluding steroid dienone is 8. The Balaban J connectivity index is 1.06. The first-order chi connectivity index (χ1) is 26.2. The molecular weight excluding hydrogens is 661 g/mol. The van der Waals surface area contributed by atoms with Crippen LogP contribution in [0.25, 0.3) is 38.5 Å². The van der Waals surface area contributed by atoms with Gasteiger partial charge in [-0.15, -0.1) is 0 Å². The van der Waals surface area contributed by atoms with Crippen molar-refractivity contribution in [2.45, 2.75) is 112 Å². The fourth-order valence-corrected chi connectivity index (χ4v) is 9.80. The average Bonchev–Trinajstić information content (AvgIpc) is 3.88. The molecule has 0 fully saturated rings. The molecule has 54 heavy (non-hydrogen) atoms. The molecule has 4 heteroatoms. The van der Waals surface area contributed by atoms with Crippen molar-refractivity contribution < 1.29 is 14.0 Å². The first-order valence-corrected chi connectivity index (χ1v) is 20.6. The number of fused-ring (bicyclic) bond motifs is 4. The fourth-order valence-electron chi connectivity index (χ4n) is 9.80. The van der Waals surface area contributed by atoms with E-state index in [2.05, 4.69) is 142 Å². The van der Waals surface area contributed by atoms with E-state index in [0.29, 0.717) is 0 Å². The molecule has 0 saturated heterocycles. The largest absolute Gasteiger partial charge is 0.489 e. The predicted molar refractivity (Wildman–Crippen MR) is 227 cm³/mol. The van der Waals surface area contributed by atoms with Gasteiger partial charge in [-0.3, -0.25) is 0 Å². The van der Waals surface area contributed by atoms with Crippen LogP contribution in [0.3, 0.4) is 0 Å². The first-order valence-electron chi connectivity index (χ1n) is 20.6. The van der Waals surface area contributed by atoms with Crippen molar-refractivity contribution >= 4 is 49.9 Å². The van der Waals surface area contributed by atoms with Gasteiger partial charge in [0.05, 0.1) is 16.5 Å². The van der Waals surface area contributed by atoms with Crippen molar-refractivity contribution in [2.24, 2.45) is 5.41 Å². The summed E-state index contributed by atoms with van der Waals surface area (Å²) in [5.74, 6) is 2.18. The Hall–Kier alpha value is -4.83. The van der Waals surface area contributed by atoms with E-state index in [-0.39, 0.29) is 17.6 Å². The highest BCUT2D eigenvalue weighted by atomic mass is 16.5. The average molecular weight is 716 g/mol. The lowest BCUT2D eigenvalue weighted by Gasteiger charge is -2.30. The van der Waals surface area contributed by atoms with Crippen molar-refractivity contribution in [3.05, 3.63) is 118 Å². The zero-order valence-corrected chi connectivity index (χ0v) is 33.1. The van der Waals surface area contributed by atoms with Crippen molar-refractivity contribution in [2.75, 3.05) is 6.54 Å². The van der Waals surface area contributed by atoms with E-state index >= 15 is 0 Å². The summed E-state index contributed by atoms with van der Waals surface area (Å²) in [5.41, 5.74) is 11.0. The Kier molecular flexibility index (Phi) is 8.91. The number of aromatic nitrogens is 1. The van der Waals surface area contributed by atoms with E-state index in [4.69, 9.17) is 9.47 Å². The second kappa shape index (κ2) is 13.8. The van der Waals surface area contributed by atoms with E-state index in [1.165, 1.54) is 89.9 Å². The summed E-state index contributed by atoms with van der Waals surface area (Å²) in [4.78, 5) is 0. The quantitative estimate of drug-likeness (QED) is 0.135. The minimum Gasteiger partial charge on any atom is -0.489 e. The minimum absolute atomic E-state index is 0.189. The van der Waals surface area contributed by atoms with Crippen LogP contribution in [0.1, 0.15) is 96.8 Å². The Morgan fingerprint density at radius 3 is 2.24 bits per heavy atom. The highest BCUT2D eigenvalue weighted by molar-refractivity contribution is 6.21. The fraction of sp³-hybridized carbons (Fsp3) is 0.380. The normalized spacial score (nSPS) is 21.4. The van der Waals surface area contributed by atoms with E-state index in [0.717, 1.165) is 63.1 Å². The van der Waals surface area contributed by atoms with Gasteiger partial charge in [-0.2, -0.15) is 4.58 Å². The van der Waals surface area contributed by atoms with Crippen molar-refractivity contribution in [1.82, 2.24) is 4.57 Å². The molecule has 0 unspecified atom stereocenters. The summed E-state index contributed by atoms with van der Waals surface area (Å²) < 4.78 is 17.8. The predicted octanol–water partition coefficient (Wildman–Crippen LogP) is 11.6. The minimum atomic E-state index is 0.189. The van der Waals surface area contributed by atoms with E-state index in [1.54, 1.807) is 0 Å². The van der Waals surface area contributed by atoms with Crippen LogP contribution in [0.4, 0.5) is 5.69 Å². The third-order valence-electron chi connectivity index (χ3n) is 12.0. The number of nitrogens with zero attached hydrogens (tertiary/aromatic N) is 2. The van der Waals surface area contributed by atoms with Gasteiger partial charge in [-0.05, 0) is 67.9 Å². The third kappa shape index (κ3) is 6.03. The molecule has 0 N–H and O–H groups in total. The second-order valence-electron chi connectivity index (χ2n) is 17.1. The number of aryl methyl sites for hydroxylation is 1. The van der Waals surface area contributed by atoms with Gasteiger partial charge in [0.25, 0.3) is 0 Å². The molecular formula is C50H55N2O2+. The topological polar surface area (TPSA) is 26.4 Å². The van der Waals surface area contributed by atoms with Gasteiger partial charge in [-0.1, -0.05) is 101 Å². The lowest BCUT2D eigenvalue weighted by Crippen LogP contribution is -2.17. The molecule has 0 amide bonds. The van der Waals surface area contributed by atoms with Gasteiger partial charge in [0.2, 0.25) is 11.4 Å². The number of hydrogen-bond acceptors (Lipinski definition) is 2. The van der Waals surface area contributed by atoms with Crippen molar-refractivity contribution in [3.63, 3.8) is 0 Å². The van der Waals surface area contributed by atoms with E-state index < -0.39 is 0 Å². The molecule has 0 bridgehead atoms. The molecule has 5 aromatic rings. The van der Waals surface area contributed by atoms with Crippen LogP contribution in [0.2, 0.25) is 0 Å². The molecule has 0 radical (unpaired) electrons. The van der Waals surface area contributed by atoms with Crippen LogP contribution in [0.15, 0.2) is 96.1 Å². The molecule has 9 rings (SSSR count). The van der Waals surface area contributed by atoms with Crippen LogP contribution in [-0.4, -0.2) is 33.6 Å². The standard InChI is InChI=1S/C50H55N2O2/c1-7-9-23-51-42(38-17-13-19-40-46(38)44(51)28-36-25-32(3)53-48(36)40)21-11-15-34-27-35(31-50(5,6)30-34)16-12-22-43-39-18-14-20-41-47(39)45(52(43)24-10-8-2)29-37-26-33(4)54-49(37)41/h11-22,27-29,32-33H,7-10,23-26,30-31H2,1-6H3/q+1/t32-,33-/m1/s1. The summed E-state index contributed by atoms with van der Waals surface area (Å²) in [6.07, 6.45) is 25.7. The van der Waals surface area contributed by atoms with Crippen LogP contribution < -0.4 is 14.8 Å². The smallest absolute Gasteiger partial charge is 0.215 e. The monoisotopic (exact) mass is 715 g/mol. The number of rotatable bonds is 10. The third-order valence-corrected chi connectivity index (χ3v) is 12.0. The summed E-state index contributed by atoms with van der Waals surface area (Å²) in [6.45, 7) is 15.8. The summed E-state index contributed by atoms with van der Waals surface area (Å²) in [5, 5.41) is 7.83. The molecule has 4 aliphatic rings. The SMILES string of the molecule is CCCCn1/c(=C/C=C/C2=CC(=C/C=C/C3=[N+](CCCC)c4cc5c(c6cccc3c46)O[C@H](C)C5)/CC(C)(C)C2)c2cccc3c4c(cc1c32)C[C@@H](C)O4. The van der Waals surface area contributed by atoms with Gasteiger partial charge in [-0.25, -0.2) is 0 Å². The number of unbranched alkanes of at least 4 members (excludes halogenated alkanes) is 2. The maximum atomic E-state index is 6.34. The maximum Gasteiger partial charge on any atom is 0.215 e. The van der Waals surface area contributed by atoms with Crippen molar-refractivity contribution in [1.29, 1.82) is 0 Å². The zero-order valence-electron chi connectivity index (χ0n) is 33.1. The van der Waals surface area contributed by atoms with Gasteiger partial charge >= 0.3 is 0 Å². The number of hydrogen-bond donors (Lipinski definition) is 0. The van der Waals surface area contributed by atoms with Gasteiger partial charge in [0.15, 0.2) is 0 Å². The summed E-state index contributed by atoms with van der Waals surface area (Å²) in [6, 6.07) is 18.3. The molecule has 276 valence electrons. The molecule has 4 nitrogen and oxygen atoms in total. The van der Waals surface area contributed by atoms with Gasteiger partial charge in [0, 0.05) is 76.0 Å². The second-order valence-corrected chi connectivity index (χ2v) is 17.1. The molecule has 3 aliphatic heterocycles. The molecule has 4 aromatic carbocycles. The molecule has 4 heterocycles. The maximum absolute atomic E-state index is 6.34. The molecule has 0 saturated carbocycles. The van der Waals surface area contributed by atoms with Gasteiger partial charge in [0.1, 0.15) is 30.3 Å². The Bertz CT molecular complexity index is 2530. The Morgan fingerprint density at radius 2 is 1.48 bits per heavy atom. The molecule has 1 aliphatic carbocycles. The number of ether oxygens (including phenoxy) is 2. The van der Waals surface area contributed by atoms with Crippen molar-refractivity contribution in [3.8, 4) is 11.5 Å². The zero-order chi connectivity index (χ0) is 37.1. The van der Waals surface area contributed by atoms with Crippen LogP contribution in [-0.2, 0) is 19.4 Å². The Morgan fingerprint density at radius 1 is 0.796 bits per heavy atom. The van der Waals surface area contributed by atoms with Gasteiger partial charge < -0.3 is 14.0 Å². The highest BCUT2D eigenvalue weighted by Crippen LogP contribution is 2.46. The lowest BCUT2D eigenvalue weighted by atomic mass is 9.75. The van der Waals surface area contributed by atoms with Crippen LogP contribution in [0, 0.1) is 5.41 Å². The summed E-state index contributed by atoms with van der Waals surface area (Å²) >= 11 is 0. The van der Waals surface area contributed by atoms with Crippen LogP contribution in [0.5, 0.6) is 11.5 Å².